The van der Waals surface area contributed by atoms with Crippen LogP contribution in [0.4, 0.5) is 0 Å². The summed E-state index contributed by atoms with van der Waals surface area (Å²) in [5.74, 6) is -1.44. The van der Waals surface area contributed by atoms with Gasteiger partial charge in [-0.05, 0) is 36.6 Å². The van der Waals surface area contributed by atoms with E-state index in [9.17, 15) is 9.59 Å². The van der Waals surface area contributed by atoms with Crippen LogP contribution in [0.3, 0.4) is 0 Å². The number of aliphatic carboxylic acids is 1. The molecule has 1 aromatic carbocycles. The smallest absolute Gasteiger partial charge is 0.307 e. The molecule has 1 aromatic rings. The molecule has 92 valence electrons. The Bertz CT molecular complexity index is 441. The summed E-state index contributed by atoms with van der Waals surface area (Å²) < 4.78 is 0. The fourth-order valence-electron chi connectivity index (χ4n) is 1.65. The van der Waals surface area contributed by atoms with Gasteiger partial charge in [0.2, 0.25) is 5.91 Å². The number of hydrogen-bond donors (Lipinski definition) is 3. The van der Waals surface area contributed by atoms with Crippen molar-refractivity contribution in [2.75, 3.05) is 0 Å². The Hall–Kier alpha value is -1.88. The van der Waals surface area contributed by atoms with Crippen molar-refractivity contribution in [3.8, 4) is 0 Å². The molecular formula is C12H16N2O3. The Morgan fingerprint density at radius 2 is 2.00 bits per heavy atom. The summed E-state index contributed by atoms with van der Waals surface area (Å²) in [5, 5.41) is 8.78. The number of benzene rings is 1. The highest BCUT2D eigenvalue weighted by atomic mass is 16.4. The summed E-state index contributed by atoms with van der Waals surface area (Å²) in [6, 6.07) is 4.66. The van der Waals surface area contributed by atoms with Crippen LogP contribution in [0.15, 0.2) is 18.2 Å². The van der Waals surface area contributed by atoms with Gasteiger partial charge in [-0.2, -0.15) is 0 Å². The van der Waals surface area contributed by atoms with Crippen molar-refractivity contribution >= 4 is 11.9 Å². The molecule has 0 aliphatic carbocycles. The predicted octanol–water partition coefficient (Wildman–Crippen LogP) is 0.302. The van der Waals surface area contributed by atoms with Gasteiger partial charge >= 0.3 is 5.97 Å². The van der Waals surface area contributed by atoms with E-state index < -0.39 is 11.9 Å². The molecule has 1 atom stereocenters. The Morgan fingerprint density at radius 3 is 2.47 bits per heavy atom. The van der Waals surface area contributed by atoms with Crippen LogP contribution in [-0.2, 0) is 17.6 Å². The first-order chi connectivity index (χ1) is 7.90. The highest BCUT2D eigenvalue weighted by molar-refractivity contribution is 5.93. The van der Waals surface area contributed by atoms with E-state index in [1.54, 1.807) is 12.1 Å². The Labute approximate surface area is 99.4 Å². The van der Waals surface area contributed by atoms with Crippen molar-refractivity contribution < 1.29 is 14.7 Å². The van der Waals surface area contributed by atoms with Crippen molar-refractivity contribution in [1.29, 1.82) is 0 Å². The molecule has 1 rings (SSSR count). The van der Waals surface area contributed by atoms with E-state index in [4.69, 9.17) is 16.6 Å². The standard InChI is InChI=1S/C12H16N2O3/c1-7(13)4-10-5-9(12(14)17)3-2-8(10)6-11(15)16/h2-3,5,7H,4,6,13H2,1H3,(H2,14,17)(H,15,16). The summed E-state index contributed by atoms with van der Waals surface area (Å²) in [7, 11) is 0. The first kappa shape index (κ1) is 13.2. The second kappa shape index (κ2) is 5.45. The fraction of sp³-hybridized carbons (Fsp3) is 0.333. The van der Waals surface area contributed by atoms with Gasteiger partial charge < -0.3 is 16.6 Å². The molecule has 1 amide bonds. The minimum Gasteiger partial charge on any atom is -0.481 e. The molecule has 5 N–H and O–H groups in total. The average Bonchev–Trinajstić information content (AvgIpc) is 2.18. The van der Waals surface area contributed by atoms with E-state index in [0.717, 1.165) is 5.56 Å². The number of carboxylic acids is 1. The van der Waals surface area contributed by atoms with E-state index in [0.29, 0.717) is 17.5 Å². The molecule has 17 heavy (non-hydrogen) atoms. The van der Waals surface area contributed by atoms with Gasteiger partial charge in [-0.25, -0.2) is 0 Å². The highest BCUT2D eigenvalue weighted by Gasteiger charge is 2.11. The second-order valence-electron chi connectivity index (χ2n) is 4.10. The molecule has 1 unspecified atom stereocenters. The van der Waals surface area contributed by atoms with E-state index in [2.05, 4.69) is 0 Å². The second-order valence-corrected chi connectivity index (χ2v) is 4.10. The summed E-state index contributed by atoms with van der Waals surface area (Å²) in [5.41, 5.74) is 12.7. The molecule has 5 heteroatoms. The predicted molar refractivity (Wildman–Crippen MR) is 63.7 cm³/mol. The summed E-state index contributed by atoms with van der Waals surface area (Å²) >= 11 is 0. The molecule has 0 bridgehead atoms. The quantitative estimate of drug-likeness (QED) is 0.683. The van der Waals surface area contributed by atoms with Crippen LogP contribution in [-0.4, -0.2) is 23.0 Å². The molecule has 0 heterocycles. The molecule has 0 radical (unpaired) electrons. The number of carbonyl (C=O) groups is 2. The molecular weight excluding hydrogens is 220 g/mol. The van der Waals surface area contributed by atoms with Crippen molar-refractivity contribution in [3.05, 3.63) is 34.9 Å². The van der Waals surface area contributed by atoms with E-state index in [-0.39, 0.29) is 12.5 Å². The normalized spacial score (nSPS) is 12.1. The van der Waals surface area contributed by atoms with Crippen molar-refractivity contribution in [1.82, 2.24) is 0 Å². The van der Waals surface area contributed by atoms with Crippen molar-refractivity contribution in [3.63, 3.8) is 0 Å². The minimum atomic E-state index is -0.914. The van der Waals surface area contributed by atoms with Gasteiger partial charge in [0.1, 0.15) is 0 Å². The monoisotopic (exact) mass is 236 g/mol. The van der Waals surface area contributed by atoms with Gasteiger partial charge in [-0.3, -0.25) is 9.59 Å². The molecule has 0 aromatic heterocycles. The first-order valence-corrected chi connectivity index (χ1v) is 5.29. The molecule has 0 saturated carbocycles. The lowest BCUT2D eigenvalue weighted by Crippen LogP contribution is -2.20. The van der Waals surface area contributed by atoms with Gasteiger partial charge in [0, 0.05) is 11.6 Å². The minimum absolute atomic E-state index is 0.0822. The van der Waals surface area contributed by atoms with E-state index in [1.807, 2.05) is 6.92 Å². The number of carbonyl (C=O) groups excluding carboxylic acids is 1. The van der Waals surface area contributed by atoms with E-state index >= 15 is 0 Å². The molecule has 0 fully saturated rings. The third-order valence-electron chi connectivity index (χ3n) is 2.37. The molecule has 5 nitrogen and oxygen atoms in total. The number of carboxylic acid groups (broad SMARTS) is 1. The lowest BCUT2D eigenvalue weighted by molar-refractivity contribution is -0.136. The Morgan fingerprint density at radius 1 is 1.35 bits per heavy atom. The summed E-state index contributed by atoms with van der Waals surface area (Å²) in [6.45, 7) is 1.82. The van der Waals surface area contributed by atoms with Crippen LogP contribution in [0.2, 0.25) is 0 Å². The van der Waals surface area contributed by atoms with Gasteiger partial charge in [-0.1, -0.05) is 6.07 Å². The number of primary amides is 1. The van der Waals surface area contributed by atoms with Crippen LogP contribution in [0.1, 0.15) is 28.4 Å². The van der Waals surface area contributed by atoms with E-state index in [1.165, 1.54) is 6.07 Å². The summed E-state index contributed by atoms with van der Waals surface area (Å²) in [4.78, 5) is 21.7. The van der Waals surface area contributed by atoms with Gasteiger partial charge in [-0.15, -0.1) is 0 Å². The van der Waals surface area contributed by atoms with Crippen molar-refractivity contribution in [2.24, 2.45) is 11.5 Å². The third-order valence-corrected chi connectivity index (χ3v) is 2.37. The van der Waals surface area contributed by atoms with Crippen molar-refractivity contribution in [2.45, 2.75) is 25.8 Å². The number of nitrogens with two attached hydrogens (primary N) is 2. The number of amides is 1. The zero-order chi connectivity index (χ0) is 13.0. The number of hydrogen-bond acceptors (Lipinski definition) is 3. The van der Waals surface area contributed by atoms with Crippen LogP contribution in [0.5, 0.6) is 0 Å². The molecule has 0 saturated heterocycles. The molecule has 0 aliphatic heterocycles. The maximum Gasteiger partial charge on any atom is 0.307 e. The lowest BCUT2D eigenvalue weighted by Gasteiger charge is -2.11. The van der Waals surface area contributed by atoms with Crippen LogP contribution < -0.4 is 11.5 Å². The first-order valence-electron chi connectivity index (χ1n) is 5.29. The lowest BCUT2D eigenvalue weighted by atomic mass is 9.96. The Balaban J connectivity index is 3.11. The molecule has 0 spiro atoms. The van der Waals surface area contributed by atoms with Gasteiger partial charge in [0.15, 0.2) is 0 Å². The zero-order valence-electron chi connectivity index (χ0n) is 9.64. The van der Waals surface area contributed by atoms with Crippen LogP contribution in [0, 0.1) is 0 Å². The maximum atomic E-state index is 11.0. The molecule has 0 aliphatic rings. The number of rotatable bonds is 5. The van der Waals surface area contributed by atoms with Crippen LogP contribution in [0.25, 0.3) is 0 Å². The van der Waals surface area contributed by atoms with Gasteiger partial charge in [0.25, 0.3) is 0 Å². The van der Waals surface area contributed by atoms with Gasteiger partial charge in [0.05, 0.1) is 6.42 Å². The third kappa shape index (κ3) is 3.88. The SMILES string of the molecule is CC(N)Cc1cc(C(N)=O)ccc1CC(=O)O. The largest absolute Gasteiger partial charge is 0.481 e. The topological polar surface area (TPSA) is 106 Å². The average molecular weight is 236 g/mol. The maximum absolute atomic E-state index is 11.0. The Kier molecular flexibility index (Phi) is 4.23. The highest BCUT2D eigenvalue weighted by Crippen LogP contribution is 2.15. The fourth-order valence-corrected chi connectivity index (χ4v) is 1.65. The summed E-state index contributed by atoms with van der Waals surface area (Å²) in [6.07, 6.45) is 0.435. The van der Waals surface area contributed by atoms with Crippen LogP contribution >= 0.6 is 0 Å². The zero-order valence-corrected chi connectivity index (χ0v) is 9.64.